The van der Waals surface area contributed by atoms with Crippen molar-refractivity contribution in [3.8, 4) is 11.8 Å². The lowest BCUT2D eigenvalue weighted by molar-refractivity contribution is -0.140. The van der Waals surface area contributed by atoms with E-state index in [0.717, 1.165) is 0 Å². The number of carbonyl (C=O) groups excluding carboxylic acids is 2. The van der Waals surface area contributed by atoms with Crippen molar-refractivity contribution in [3.63, 3.8) is 0 Å². The van der Waals surface area contributed by atoms with E-state index in [4.69, 9.17) is 11.5 Å². The molecule has 0 radical (unpaired) electrons. The Kier molecular flexibility index (Phi) is 7.83. The van der Waals surface area contributed by atoms with E-state index in [2.05, 4.69) is 26.3 Å². The quantitative estimate of drug-likeness (QED) is 0.208. The summed E-state index contributed by atoms with van der Waals surface area (Å²) in [6.07, 6.45) is 3.78. The second kappa shape index (κ2) is 10.3. The minimum absolute atomic E-state index is 0.176. The highest BCUT2D eigenvalue weighted by atomic mass is 32.2. The van der Waals surface area contributed by atoms with Gasteiger partial charge >= 0.3 is 5.97 Å². The predicted octanol–water partition coefficient (Wildman–Crippen LogP) is 1.35. The number of methoxy groups -OCH3 is 1. The molecule has 2 aromatic rings. The van der Waals surface area contributed by atoms with E-state index >= 15 is 0 Å². The Morgan fingerprint density at radius 2 is 2.03 bits per heavy atom. The van der Waals surface area contributed by atoms with Crippen LogP contribution in [-0.4, -0.2) is 39.8 Å². The smallest absolute Gasteiger partial charge is 0.305 e. The number of benzene rings is 1. The molecule has 0 aliphatic heterocycles. The Morgan fingerprint density at radius 3 is 2.73 bits per heavy atom. The fraction of sp³-hybridized carbons (Fsp3) is 0.238. The molecule has 1 heterocycles. The van der Waals surface area contributed by atoms with Crippen LogP contribution in [0.2, 0.25) is 0 Å². The van der Waals surface area contributed by atoms with Gasteiger partial charge in [0.2, 0.25) is 0 Å². The molecular weight excluding hydrogens is 404 g/mol. The Balaban J connectivity index is 2.12. The number of hydrogen-bond acceptors (Lipinski definition) is 7. The van der Waals surface area contributed by atoms with Crippen LogP contribution in [0.5, 0.6) is 0 Å². The van der Waals surface area contributed by atoms with Crippen LogP contribution in [0.4, 0.5) is 11.5 Å². The first-order valence-corrected chi connectivity index (χ1v) is 11.1. The van der Waals surface area contributed by atoms with Gasteiger partial charge in [0.15, 0.2) is 0 Å². The Hall–Kier alpha value is -3.51. The number of nitrogen functional groups attached to an aromatic ring is 2. The number of carbonyl (C=O) groups is 2. The summed E-state index contributed by atoms with van der Waals surface area (Å²) in [6.45, 7) is 0. The zero-order valence-electron chi connectivity index (χ0n) is 16.8. The normalized spacial score (nSPS) is 12.1. The summed E-state index contributed by atoms with van der Waals surface area (Å²) in [4.78, 5) is 27.6. The second-order valence-electron chi connectivity index (χ2n) is 6.50. The molecular formula is C21H24N4O4S. The first kappa shape index (κ1) is 22.8. The minimum Gasteiger partial charge on any atom is -0.469 e. The van der Waals surface area contributed by atoms with Crippen LogP contribution >= 0.6 is 0 Å². The van der Waals surface area contributed by atoms with Crippen molar-refractivity contribution in [2.24, 2.45) is 0 Å². The number of pyridine rings is 1. The second-order valence-corrected chi connectivity index (χ2v) is 8.85. The largest absolute Gasteiger partial charge is 0.469 e. The molecule has 1 aromatic carbocycles. The molecule has 1 atom stereocenters. The van der Waals surface area contributed by atoms with E-state index in [0.29, 0.717) is 29.7 Å². The number of unbranched alkanes of at least 4 members (excludes halogenated alkanes) is 1. The Bertz CT molecular complexity index is 1130. The van der Waals surface area contributed by atoms with Crippen molar-refractivity contribution in [3.05, 3.63) is 53.2 Å². The third-order valence-corrected chi connectivity index (χ3v) is 5.42. The van der Waals surface area contributed by atoms with Crippen molar-refractivity contribution >= 4 is 38.5 Å². The van der Waals surface area contributed by atoms with E-state index in [1.165, 1.54) is 31.0 Å². The highest BCUT2D eigenvalue weighted by Gasteiger charge is 2.12. The number of amides is 1. The molecule has 9 heteroatoms. The molecule has 0 fully saturated rings. The van der Waals surface area contributed by atoms with Gasteiger partial charge in [0.1, 0.15) is 5.82 Å². The van der Waals surface area contributed by atoms with Crippen molar-refractivity contribution in [1.82, 2.24) is 9.71 Å². The molecule has 0 aliphatic carbocycles. The van der Waals surface area contributed by atoms with E-state index in [1.807, 2.05) is 0 Å². The summed E-state index contributed by atoms with van der Waals surface area (Å²) in [5.41, 5.74) is 13.4. The Labute approximate surface area is 176 Å². The summed E-state index contributed by atoms with van der Waals surface area (Å²) in [6, 6.07) is 8.54. The minimum atomic E-state index is -2.75. The molecule has 2 rings (SSSR count). The molecule has 1 amide bonds. The number of rotatable bonds is 6. The third kappa shape index (κ3) is 7.14. The van der Waals surface area contributed by atoms with Gasteiger partial charge in [-0.1, -0.05) is 17.9 Å². The van der Waals surface area contributed by atoms with Crippen LogP contribution in [0.25, 0.3) is 0 Å². The summed E-state index contributed by atoms with van der Waals surface area (Å²) in [7, 11) is -1.44. The number of anilines is 2. The lowest BCUT2D eigenvalue weighted by Crippen LogP contribution is -2.31. The summed E-state index contributed by atoms with van der Waals surface area (Å²) >= 11 is 0. The van der Waals surface area contributed by atoms with Crippen LogP contribution < -0.4 is 16.2 Å². The molecule has 0 saturated heterocycles. The number of esters is 1. The lowest BCUT2D eigenvalue weighted by Gasteiger charge is -2.09. The van der Waals surface area contributed by atoms with Gasteiger partial charge in [0.25, 0.3) is 5.91 Å². The monoisotopic (exact) mass is 428 g/mol. The lowest BCUT2D eigenvalue weighted by atomic mass is 10.1. The average Bonchev–Trinajstić information content (AvgIpc) is 2.70. The van der Waals surface area contributed by atoms with E-state index in [9.17, 15) is 13.8 Å². The van der Waals surface area contributed by atoms with Crippen LogP contribution in [0.3, 0.4) is 0 Å². The zero-order valence-corrected chi connectivity index (χ0v) is 17.6. The molecule has 0 bridgehead atoms. The maximum atomic E-state index is 12.6. The zero-order chi connectivity index (χ0) is 22.1. The standard InChI is InChI=1S/C21H24N4O4S/c1-29-19(26)8-3-4-11-30(2,28)25-21(27)17-13-16(20(23)24-14-17)10-9-15-6-5-7-18(22)12-15/h5-7,11-14H,3-4,8,22H2,1-2H3,(H2,23,24)(H,25,27,28). The molecule has 5 N–H and O–H groups in total. The number of nitrogens with two attached hydrogens (primary N) is 2. The molecule has 30 heavy (non-hydrogen) atoms. The summed E-state index contributed by atoms with van der Waals surface area (Å²) in [5, 5.41) is 1.49. The topological polar surface area (TPSA) is 137 Å². The van der Waals surface area contributed by atoms with Gasteiger partial charge in [-0.25, -0.2) is 9.19 Å². The molecule has 1 unspecified atom stereocenters. The van der Waals surface area contributed by atoms with Gasteiger partial charge in [0, 0.05) is 39.8 Å². The highest BCUT2D eigenvalue weighted by molar-refractivity contribution is 7.99. The fourth-order valence-electron chi connectivity index (χ4n) is 2.40. The van der Waals surface area contributed by atoms with E-state index in [1.54, 1.807) is 24.3 Å². The SMILES string of the molecule is COC(=O)CCCC=S(C)(=O)NC(=O)c1cnc(N)c(C#Cc2cccc(N)c2)c1. The van der Waals surface area contributed by atoms with Crippen molar-refractivity contribution in [2.75, 3.05) is 24.8 Å². The van der Waals surface area contributed by atoms with Crippen molar-refractivity contribution in [2.45, 2.75) is 19.3 Å². The molecule has 0 aliphatic rings. The molecule has 158 valence electrons. The Morgan fingerprint density at radius 1 is 1.27 bits per heavy atom. The van der Waals surface area contributed by atoms with Crippen molar-refractivity contribution in [1.29, 1.82) is 0 Å². The molecule has 0 saturated carbocycles. The summed E-state index contributed by atoms with van der Waals surface area (Å²) < 4.78 is 19.6. The fourth-order valence-corrected chi connectivity index (χ4v) is 3.58. The first-order chi connectivity index (χ1) is 14.2. The van der Waals surface area contributed by atoms with Gasteiger partial charge in [-0.2, -0.15) is 0 Å². The predicted molar refractivity (Wildman–Crippen MR) is 119 cm³/mol. The summed E-state index contributed by atoms with van der Waals surface area (Å²) in [5.74, 6) is 5.07. The third-order valence-electron chi connectivity index (χ3n) is 3.95. The van der Waals surface area contributed by atoms with Crippen LogP contribution in [0, 0.1) is 11.8 Å². The number of ether oxygens (including phenoxy) is 1. The first-order valence-electron chi connectivity index (χ1n) is 9.04. The van der Waals surface area contributed by atoms with Gasteiger partial charge in [0.05, 0.1) is 18.2 Å². The van der Waals surface area contributed by atoms with Gasteiger partial charge in [-0.3, -0.25) is 14.3 Å². The van der Waals surface area contributed by atoms with Gasteiger partial charge < -0.3 is 16.2 Å². The molecule has 8 nitrogen and oxygen atoms in total. The maximum Gasteiger partial charge on any atom is 0.305 e. The number of aromatic nitrogens is 1. The molecule has 0 spiro atoms. The number of nitrogens with one attached hydrogen (secondary N) is 1. The van der Waals surface area contributed by atoms with Crippen LogP contribution in [0.15, 0.2) is 36.5 Å². The van der Waals surface area contributed by atoms with Gasteiger partial charge in [-0.15, -0.1) is 0 Å². The van der Waals surface area contributed by atoms with Crippen LogP contribution in [-0.2, 0) is 19.2 Å². The molecule has 1 aromatic heterocycles. The van der Waals surface area contributed by atoms with E-state index in [-0.39, 0.29) is 23.8 Å². The number of hydrogen-bond donors (Lipinski definition) is 3. The van der Waals surface area contributed by atoms with Gasteiger partial charge in [-0.05, 0) is 42.5 Å². The maximum absolute atomic E-state index is 12.6. The average molecular weight is 429 g/mol. The van der Waals surface area contributed by atoms with E-state index < -0.39 is 15.6 Å². The number of nitrogens with zero attached hydrogens (tertiary/aromatic N) is 1. The van der Waals surface area contributed by atoms with Crippen LogP contribution in [0.1, 0.15) is 40.7 Å². The highest BCUT2D eigenvalue weighted by Crippen LogP contribution is 2.11. The van der Waals surface area contributed by atoms with Crippen molar-refractivity contribution < 1.29 is 18.5 Å².